The standard InChI is InChI=1S/C15H11BrClN3/c1-18-14-10-4-2-3-5-13(10)19-15(20-14)11-8-9(16)6-7-12(11)17/h2-8H,1H3,(H,18,19,20). The molecule has 20 heavy (non-hydrogen) atoms. The Bertz CT molecular complexity index is 789. The van der Waals surface area contributed by atoms with Crippen LogP contribution in [-0.4, -0.2) is 17.0 Å². The molecule has 0 radical (unpaired) electrons. The lowest BCUT2D eigenvalue weighted by Crippen LogP contribution is -1.99. The number of nitrogens with one attached hydrogen (secondary N) is 1. The van der Waals surface area contributed by atoms with Crippen molar-refractivity contribution < 1.29 is 0 Å². The number of aromatic nitrogens is 2. The summed E-state index contributed by atoms with van der Waals surface area (Å²) < 4.78 is 0.944. The van der Waals surface area contributed by atoms with E-state index in [1.54, 1.807) is 0 Å². The Balaban J connectivity index is 2.29. The molecule has 1 aromatic heterocycles. The molecular formula is C15H11BrClN3. The molecule has 3 nitrogen and oxygen atoms in total. The first-order chi connectivity index (χ1) is 9.69. The Labute approximate surface area is 130 Å². The quantitative estimate of drug-likeness (QED) is 0.726. The minimum atomic E-state index is 0.611. The fourth-order valence-electron chi connectivity index (χ4n) is 2.06. The minimum absolute atomic E-state index is 0.611. The van der Waals surface area contributed by atoms with Gasteiger partial charge in [0.2, 0.25) is 0 Å². The fraction of sp³-hybridized carbons (Fsp3) is 0.0667. The molecule has 0 atom stereocenters. The highest BCUT2D eigenvalue weighted by Crippen LogP contribution is 2.31. The zero-order valence-electron chi connectivity index (χ0n) is 10.7. The maximum absolute atomic E-state index is 6.26. The van der Waals surface area contributed by atoms with Gasteiger partial charge in [-0.2, -0.15) is 0 Å². The molecule has 1 N–H and O–H groups in total. The van der Waals surface area contributed by atoms with Crippen LogP contribution < -0.4 is 5.32 Å². The van der Waals surface area contributed by atoms with Crippen molar-refractivity contribution in [3.05, 3.63) is 52.0 Å². The maximum Gasteiger partial charge on any atom is 0.163 e. The Kier molecular flexibility index (Phi) is 3.59. The normalized spacial score (nSPS) is 10.8. The minimum Gasteiger partial charge on any atom is -0.373 e. The molecule has 0 aliphatic rings. The van der Waals surface area contributed by atoms with Crippen molar-refractivity contribution >= 4 is 44.3 Å². The first-order valence-electron chi connectivity index (χ1n) is 6.09. The molecule has 3 rings (SSSR count). The third-order valence-electron chi connectivity index (χ3n) is 3.01. The predicted molar refractivity (Wildman–Crippen MR) is 87.2 cm³/mol. The highest BCUT2D eigenvalue weighted by molar-refractivity contribution is 9.10. The molecule has 3 aromatic rings. The molecule has 0 saturated carbocycles. The van der Waals surface area contributed by atoms with Crippen LogP contribution in [0.3, 0.4) is 0 Å². The lowest BCUT2D eigenvalue weighted by Gasteiger charge is -2.09. The van der Waals surface area contributed by atoms with Gasteiger partial charge in [0.25, 0.3) is 0 Å². The third-order valence-corrected chi connectivity index (χ3v) is 3.83. The van der Waals surface area contributed by atoms with Gasteiger partial charge in [0.15, 0.2) is 5.82 Å². The van der Waals surface area contributed by atoms with Gasteiger partial charge in [-0.1, -0.05) is 39.7 Å². The van der Waals surface area contributed by atoms with Crippen LogP contribution in [0.4, 0.5) is 5.82 Å². The second-order valence-corrected chi connectivity index (χ2v) is 5.61. The Hall–Kier alpha value is -1.65. The van der Waals surface area contributed by atoms with Crippen LogP contribution in [0.2, 0.25) is 5.02 Å². The molecule has 2 aromatic carbocycles. The molecule has 5 heteroatoms. The molecular weight excluding hydrogens is 338 g/mol. The van der Waals surface area contributed by atoms with Crippen molar-refractivity contribution in [2.45, 2.75) is 0 Å². The summed E-state index contributed by atoms with van der Waals surface area (Å²) in [5.74, 6) is 1.40. The summed E-state index contributed by atoms with van der Waals surface area (Å²) in [6.45, 7) is 0. The smallest absolute Gasteiger partial charge is 0.163 e. The van der Waals surface area contributed by atoms with E-state index in [0.717, 1.165) is 26.8 Å². The van der Waals surface area contributed by atoms with Crippen LogP contribution >= 0.6 is 27.5 Å². The van der Waals surface area contributed by atoms with Crippen molar-refractivity contribution in [1.29, 1.82) is 0 Å². The van der Waals surface area contributed by atoms with Crippen molar-refractivity contribution in [1.82, 2.24) is 9.97 Å². The highest BCUT2D eigenvalue weighted by atomic mass is 79.9. The van der Waals surface area contributed by atoms with E-state index in [1.807, 2.05) is 49.5 Å². The van der Waals surface area contributed by atoms with E-state index in [0.29, 0.717) is 10.8 Å². The van der Waals surface area contributed by atoms with E-state index in [9.17, 15) is 0 Å². The molecule has 0 amide bonds. The summed E-state index contributed by atoms with van der Waals surface area (Å²) in [6, 6.07) is 13.5. The van der Waals surface area contributed by atoms with Gasteiger partial charge in [-0.05, 0) is 30.3 Å². The molecule has 100 valence electrons. The van der Waals surface area contributed by atoms with Crippen molar-refractivity contribution in [3.8, 4) is 11.4 Å². The van der Waals surface area contributed by atoms with Gasteiger partial charge < -0.3 is 5.32 Å². The molecule has 0 spiro atoms. The van der Waals surface area contributed by atoms with Crippen LogP contribution in [0.5, 0.6) is 0 Å². The zero-order valence-corrected chi connectivity index (χ0v) is 13.0. The van der Waals surface area contributed by atoms with E-state index in [2.05, 4.69) is 31.2 Å². The maximum atomic E-state index is 6.26. The average Bonchev–Trinajstić information content (AvgIpc) is 2.48. The number of halogens is 2. The van der Waals surface area contributed by atoms with Gasteiger partial charge >= 0.3 is 0 Å². The largest absolute Gasteiger partial charge is 0.373 e. The fourth-order valence-corrected chi connectivity index (χ4v) is 2.62. The van der Waals surface area contributed by atoms with Crippen molar-refractivity contribution in [3.63, 3.8) is 0 Å². The molecule has 0 bridgehead atoms. The van der Waals surface area contributed by atoms with Gasteiger partial charge in [0, 0.05) is 22.5 Å². The van der Waals surface area contributed by atoms with Crippen LogP contribution in [0.25, 0.3) is 22.3 Å². The van der Waals surface area contributed by atoms with Gasteiger partial charge in [0.1, 0.15) is 5.82 Å². The second-order valence-electron chi connectivity index (χ2n) is 4.29. The first kappa shape index (κ1) is 13.3. The van der Waals surface area contributed by atoms with E-state index < -0.39 is 0 Å². The number of nitrogens with zero attached hydrogens (tertiary/aromatic N) is 2. The van der Waals surface area contributed by atoms with E-state index in [-0.39, 0.29) is 0 Å². The highest BCUT2D eigenvalue weighted by Gasteiger charge is 2.11. The van der Waals surface area contributed by atoms with E-state index in [4.69, 9.17) is 11.6 Å². The number of para-hydroxylation sites is 1. The van der Waals surface area contributed by atoms with Crippen LogP contribution in [0, 0.1) is 0 Å². The molecule has 1 heterocycles. The number of benzene rings is 2. The summed E-state index contributed by atoms with van der Waals surface area (Å²) in [5.41, 5.74) is 1.70. The Morgan fingerprint density at radius 3 is 2.70 bits per heavy atom. The average molecular weight is 349 g/mol. The van der Waals surface area contributed by atoms with Gasteiger partial charge in [-0.3, -0.25) is 0 Å². The topological polar surface area (TPSA) is 37.8 Å². The summed E-state index contributed by atoms with van der Waals surface area (Å²) in [7, 11) is 1.85. The summed E-state index contributed by atoms with van der Waals surface area (Å²) in [4.78, 5) is 9.16. The van der Waals surface area contributed by atoms with Gasteiger partial charge in [-0.15, -0.1) is 0 Å². The monoisotopic (exact) mass is 347 g/mol. The lowest BCUT2D eigenvalue weighted by atomic mass is 10.2. The van der Waals surface area contributed by atoms with E-state index >= 15 is 0 Å². The summed E-state index contributed by atoms with van der Waals surface area (Å²) in [6.07, 6.45) is 0. The first-order valence-corrected chi connectivity index (χ1v) is 7.26. The van der Waals surface area contributed by atoms with Crippen molar-refractivity contribution in [2.75, 3.05) is 12.4 Å². The van der Waals surface area contributed by atoms with Crippen LogP contribution in [0.15, 0.2) is 46.9 Å². The lowest BCUT2D eigenvalue weighted by molar-refractivity contribution is 1.21. The Morgan fingerprint density at radius 2 is 1.90 bits per heavy atom. The number of hydrogen-bond donors (Lipinski definition) is 1. The third kappa shape index (κ3) is 2.37. The van der Waals surface area contributed by atoms with Crippen LogP contribution in [-0.2, 0) is 0 Å². The number of anilines is 1. The van der Waals surface area contributed by atoms with Crippen LogP contribution in [0.1, 0.15) is 0 Å². The molecule has 0 saturated heterocycles. The molecule has 0 fully saturated rings. The molecule has 0 unspecified atom stereocenters. The number of hydrogen-bond acceptors (Lipinski definition) is 3. The van der Waals surface area contributed by atoms with Crippen molar-refractivity contribution in [2.24, 2.45) is 0 Å². The SMILES string of the molecule is CNc1nc(-c2cc(Br)ccc2Cl)nc2ccccc12. The molecule has 0 aliphatic carbocycles. The van der Waals surface area contributed by atoms with Gasteiger partial charge in [-0.25, -0.2) is 9.97 Å². The number of rotatable bonds is 2. The summed E-state index contributed by atoms with van der Waals surface area (Å²) in [5, 5.41) is 4.73. The van der Waals surface area contributed by atoms with E-state index in [1.165, 1.54) is 0 Å². The van der Waals surface area contributed by atoms with Gasteiger partial charge in [0.05, 0.1) is 10.5 Å². The second kappa shape index (κ2) is 5.38. The summed E-state index contributed by atoms with van der Waals surface area (Å²) >= 11 is 9.71. The predicted octanol–water partition coefficient (Wildman–Crippen LogP) is 4.75. The zero-order chi connectivity index (χ0) is 14.1. The molecule has 0 aliphatic heterocycles. The number of fused-ring (bicyclic) bond motifs is 1. The Morgan fingerprint density at radius 1 is 1.10 bits per heavy atom.